The van der Waals surface area contributed by atoms with E-state index in [-0.39, 0.29) is 5.54 Å². The summed E-state index contributed by atoms with van der Waals surface area (Å²) in [6.07, 6.45) is 3.98. The summed E-state index contributed by atoms with van der Waals surface area (Å²) >= 11 is 0. The van der Waals surface area contributed by atoms with Gasteiger partial charge in [-0.05, 0) is 38.4 Å². The molecule has 2 heteroatoms. The van der Waals surface area contributed by atoms with Crippen LogP contribution in [0.5, 0.6) is 0 Å². The van der Waals surface area contributed by atoms with Gasteiger partial charge in [-0.25, -0.2) is 0 Å². The molecule has 0 amide bonds. The van der Waals surface area contributed by atoms with E-state index in [4.69, 9.17) is 5.73 Å². The number of piperidine rings is 1. The van der Waals surface area contributed by atoms with Crippen LogP contribution in [0.1, 0.15) is 31.7 Å². The zero-order valence-electron chi connectivity index (χ0n) is 10.2. The first-order valence-electron chi connectivity index (χ1n) is 6.28. The lowest BCUT2D eigenvalue weighted by Crippen LogP contribution is -2.51. The molecule has 16 heavy (non-hydrogen) atoms. The molecule has 0 saturated carbocycles. The van der Waals surface area contributed by atoms with Crippen LogP contribution in [-0.4, -0.2) is 24.5 Å². The van der Waals surface area contributed by atoms with Crippen LogP contribution in [0.3, 0.4) is 0 Å². The molecule has 2 rings (SSSR count). The summed E-state index contributed by atoms with van der Waals surface area (Å²) in [7, 11) is 0. The molecule has 1 aliphatic rings. The van der Waals surface area contributed by atoms with E-state index in [1.165, 1.54) is 37.9 Å². The minimum absolute atomic E-state index is 0.0156. The smallest absolute Gasteiger partial charge is 0.0555 e. The van der Waals surface area contributed by atoms with Gasteiger partial charge >= 0.3 is 0 Å². The Hall–Kier alpha value is -0.860. The van der Waals surface area contributed by atoms with E-state index in [0.717, 1.165) is 0 Å². The van der Waals surface area contributed by atoms with Crippen molar-refractivity contribution in [2.24, 2.45) is 5.73 Å². The Morgan fingerprint density at radius 1 is 1.12 bits per heavy atom. The Balaban J connectivity index is 2.24. The van der Waals surface area contributed by atoms with Crippen molar-refractivity contribution in [1.29, 1.82) is 0 Å². The molecule has 2 nitrogen and oxygen atoms in total. The summed E-state index contributed by atoms with van der Waals surface area (Å²) in [5, 5.41) is 0. The second-order valence-corrected chi connectivity index (χ2v) is 4.89. The highest BCUT2D eigenvalue weighted by Gasteiger charge is 2.32. The lowest BCUT2D eigenvalue weighted by Gasteiger charge is -2.43. The molecule has 1 fully saturated rings. The van der Waals surface area contributed by atoms with Crippen molar-refractivity contribution in [3.63, 3.8) is 0 Å². The highest BCUT2D eigenvalue weighted by molar-refractivity contribution is 5.24. The predicted molar refractivity (Wildman–Crippen MR) is 68.3 cm³/mol. The Labute approximate surface area is 98.4 Å². The summed E-state index contributed by atoms with van der Waals surface area (Å²) in [5.74, 6) is 0. The molecule has 0 unspecified atom stereocenters. The molecule has 1 atom stereocenters. The lowest BCUT2D eigenvalue weighted by atomic mass is 9.88. The number of hydrogen-bond donors (Lipinski definition) is 1. The van der Waals surface area contributed by atoms with E-state index in [1.54, 1.807) is 0 Å². The summed E-state index contributed by atoms with van der Waals surface area (Å²) in [6.45, 7) is 5.33. The molecule has 0 aliphatic carbocycles. The molecule has 0 bridgehead atoms. The number of nitrogens with two attached hydrogens (primary N) is 1. The standard InChI is InChI=1S/C14H22N2/c1-14(12-15,13-8-4-2-5-9-13)16-10-6-3-7-11-16/h2,4-5,8-9H,3,6-7,10-12,15H2,1H3/t14-/m1/s1. The molecule has 88 valence electrons. The number of likely N-dealkylation sites (tertiary alicyclic amines) is 1. The van der Waals surface area contributed by atoms with E-state index >= 15 is 0 Å². The van der Waals surface area contributed by atoms with Crippen LogP contribution >= 0.6 is 0 Å². The van der Waals surface area contributed by atoms with Gasteiger partial charge in [0.2, 0.25) is 0 Å². The van der Waals surface area contributed by atoms with Crippen molar-refractivity contribution in [1.82, 2.24) is 4.90 Å². The Kier molecular flexibility index (Phi) is 3.62. The summed E-state index contributed by atoms with van der Waals surface area (Å²) in [6, 6.07) is 10.7. The fourth-order valence-corrected chi connectivity index (χ4v) is 2.61. The predicted octanol–water partition coefficient (Wildman–Crippen LogP) is 2.35. The minimum atomic E-state index is 0.0156. The number of rotatable bonds is 3. The molecule has 1 heterocycles. The maximum Gasteiger partial charge on any atom is 0.0555 e. The zero-order valence-corrected chi connectivity index (χ0v) is 10.2. The minimum Gasteiger partial charge on any atom is -0.328 e. The van der Waals surface area contributed by atoms with E-state index in [2.05, 4.69) is 42.2 Å². The van der Waals surface area contributed by atoms with Crippen molar-refractivity contribution in [2.45, 2.75) is 31.7 Å². The molecule has 1 aromatic rings. The van der Waals surface area contributed by atoms with Gasteiger partial charge < -0.3 is 5.73 Å². The van der Waals surface area contributed by atoms with Crippen molar-refractivity contribution < 1.29 is 0 Å². The second kappa shape index (κ2) is 4.98. The SMILES string of the molecule is C[C@@](CN)(c1ccccc1)N1CCCCC1. The maximum atomic E-state index is 6.03. The Morgan fingerprint density at radius 3 is 2.31 bits per heavy atom. The molecule has 1 aliphatic heterocycles. The van der Waals surface area contributed by atoms with Crippen LogP contribution in [0.2, 0.25) is 0 Å². The second-order valence-electron chi connectivity index (χ2n) is 4.89. The molecule has 1 saturated heterocycles. The zero-order chi connectivity index (χ0) is 11.4. The van der Waals surface area contributed by atoms with Crippen LogP contribution in [0, 0.1) is 0 Å². The van der Waals surface area contributed by atoms with Gasteiger partial charge in [-0.2, -0.15) is 0 Å². The van der Waals surface area contributed by atoms with E-state index in [9.17, 15) is 0 Å². The van der Waals surface area contributed by atoms with Gasteiger partial charge in [0.15, 0.2) is 0 Å². The normalized spacial score (nSPS) is 21.6. The number of benzene rings is 1. The van der Waals surface area contributed by atoms with E-state index in [1.807, 2.05) is 0 Å². The molecule has 2 N–H and O–H groups in total. The van der Waals surface area contributed by atoms with E-state index in [0.29, 0.717) is 6.54 Å². The molecule has 0 aromatic heterocycles. The monoisotopic (exact) mass is 218 g/mol. The molecule has 1 aromatic carbocycles. The van der Waals surface area contributed by atoms with Crippen molar-refractivity contribution in [2.75, 3.05) is 19.6 Å². The molecular weight excluding hydrogens is 196 g/mol. The summed E-state index contributed by atoms with van der Waals surface area (Å²) in [4.78, 5) is 2.55. The van der Waals surface area contributed by atoms with Crippen LogP contribution in [-0.2, 0) is 5.54 Å². The number of nitrogens with zero attached hydrogens (tertiary/aromatic N) is 1. The third kappa shape index (κ3) is 2.13. The highest BCUT2D eigenvalue weighted by Crippen LogP contribution is 2.29. The Morgan fingerprint density at radius 2 is 1.75 bits per heavy atom. The fraction of sp³-hybridized carbons (Fsp3) is 0.571. The van der Waals surface area contributed by atoms with Crippen LogP contribution in [0.15, 0.2) is 30.3 Å². The van der Waals surface area contributed by atoms with Gasteiger partial charge in [-0.3, -0.25) is 4.90 Å². The number of hydrogen-bond acceptors (Lipinski definition) is 2. The van der Waals surface area contributed by atoms with Gasteiger partial charge in [-0.1, -0.05) is 36.8 Å². The fourth-order valence-electron chi connectivity index (χ4n) is 2.61. The third-order valence-electron chi connectivity index (χ3n) is 3.85. The van der Waals surface area contributed by atoms with Gasteiger partial charge in [0.1, 0.15) is 0 Å². The maximum absolute atomic E-state index is 6.03. The lowest BCUT2D eigenvalue weighted by molar-refractivity contribution is 0.0855. The van der Waals surface area contributed by atoms with Crippen LogP contribution in [0.4, 0.5) is 0 Å². The average Bonchev–Trinajstić information content (AvgIpc) is 2.40. The summed E-state index contributed by atoms with van der Waals surface area (Å²) < 4.78 is 0. The van der Waals surface area contributed by atoms with Crippen molar-refractivity contribution >= 4 is 0 Å². The van der Waals surface area contributed by atoms with Gasteiger partial charge in [0.05, 0.1) is 5.54 Å². The van der Waals surface area contributed by atoms with Gasteiger partial charge in [-0.15, -0.1) is 0 Å². The first-order valence-corrected chi connectivity index (χ1v) is 6.28. The highest BCUT2D eigenvalue weighted by atomic mass is 15.2. The molecular formula is C14H22N2. The van der Waals surface area contributed by atoms with Gasteiger partial charge in [0, 0.05) is 6.54 Å². The summed E-state index contributed by atoms with van der Waals surface area (Å²) in [5.41, 5.74) is 7.39. The van der Waals surface area contributed by atoms with Crippen LogP contribution in [0.25, 0.3) is 0 Å². The average molecular weight is 218 g/mol. The van der Waals surface area contributed by atoms with Gasteiger partial charge in [0.25, 0.3) is 0 Å². The first kappa shape index (κ1) is 11.6. The first-order chi connectivity index (χ1) is 7.77. The quantitative estimate of drug-likeness (QED) is 0.844. The Bertz CT molecular complexity index is 317. The molecule has 0 spiro atoms. The van der Waals surface area contributed by atoms with Crippen LogP contribution < -0.4 is 5.73 Å². The van der Waals surface area contributed by atoms with Crippen molar-refractivity contribution in [3.05, 3.63) is 35.9 Å². The van der Waals surface area contributed by atoms with E-state index < -0.39 is 0 Å². The topological polar surface area (TPSA) is 29.3 Å². The van der Waals surface area contributed by atoms with Crippen molar-refractivity contribution in [3.8, 4) is 0 Å². The molecule has 0 radical (unpaired) electrons. The largest absolute Gasteiger partial charge is 0.328 e. The third-order valence-corrected chi connectivity index (χ3v) is 3.85.